The van der Waals surface area contributed by atoms with E-state index in [2.05, 4.69) is 17.1 Å². The number of hydrogen-bond acceptors (Lipinski definition) is 4. The third kappa shape index (κ3) is 4.56. The smallest absolute Gasteiger partial charge is 0.261 e. The minimum absolute atomic E-state index is 0.116. The Bertz CT molecular complexity index is 731. The van der Waals surface area contributed by atoms with Crippen molar-refractivity contribution in [3.05, 3.63) is 34.9 Å². The van der Waals surface area contributed by atoms with Crippen LogP contribution in [-0.4, -0.2) is 59.7 Å². The fraction of sp³-hybridized carbons (Fsp3) is 0.571. The van der Waals surface area contributed by atoms with Gasteiger partial charge in [0.05, 0.1) is 11.1 Å². The third-order valence-corrected chi connectivity index (χ3v) is 5.57. The van der Waals surface area contributed by atoms with Gasteiger partial charge in [-0.15, -0.1) is 0 Å². The van der Waals surface area contributed by atoms with E-state index in [0.717, 1.165) is 25.1 Å². The number of benzene rings is 1. The van der Waals surface area contributed by atoms with Crippen LogP contribution in [0.5, 0.6) is 0 Å². The first-order valence-electron chi connectivity index (χ1n) is 9.95. The predicted molar refractivity (Wildman–Crippen MR) is 104 cm³/mol. The molecule has 0 spiro atoms. The normalized spacial score (nSPS) is 20.1. The number of aryl methyl sites for hydroxylation is 1. The van der Waals surface area contributed by atoms with Gasteiger partial charge in [0.1, 0.15) is 0 Å². The Hall–Kier alpha value is -2.21. The number of hydrogen-bond donors (Lipinski definition) is 1. The summed E-state index contributed by atoms with van der Waals surface area (Å²) in [5.74, 6) is -0.720. The largest absolute Gasteiger partial charge is 0.356 e. The first-order valence-corrected chi connectivity index (χ1v) is 9.95. The second-order valence-corrected chi connectivity index (χ2v) is 7.65. The molecular formula is C21H29N3O3. The summed E-state index contributed by atoms with van der Waals surface area (Å²) in [5.41, 5.74) is 1.82. The molecule has 3 amide bonds. The Morgan fingerprint density at radius 3 is 2.70 bits per heavy atom. The molecule has 3 rings (SSSR count). The standard InChI is InChI=1S/C21H29N3O3/c1-15-7-8-17-18(14-15)21(27)24(20(17)26)13-9-19(25)22-10-5-12-23-11-4-3-6-16(23)2/h7-8,14,16H,3-6,9-13H2,1-2H3,(H,22,25). The van der Waals surface area contributed by atoms with Crippen molar-refractivity contribution in [3.63, 3.8) is 0 Å². The summed E-state index contributed by atoms with van der Waals surface area (Å²) in [6.07, 6.45) is 4.89. The van der Waals surface area contributed by atoms with E-state index in [1.165, 1.54) is 24.2 Å². The van der Waals surface area contributed by atoms with E-state index >= 15 is 0 Å². The molecule has 6 heteroatoms. The van der Waals surface area contributed by atoms with Crippen LogP contribution in [0.15, 0.2) is 18.2 Å². The average molecular weight is 371 g/mol. The van der Waals surface area contributed by atoms with Crippen LogP contribution in [-0.2, 0) is 4.79 Å². The number of fused-ring (bicyclic) bond motifs is 1. The van der Waals surface area contributed by atoms with Gasteiger partial charge in [0.25, 0.3) is 11.8 Å². The number of piperidine rings is 1. The highest BCUT2D eigenvalue weighted by atomic mass is 16.2. The Morgan fingerprint density at radius 1 is 1.15 bits per heavy atom. The van der Waals surface area contributed by atoms with Crippen molar-refractivity contribution < 1.29 is 14.4 Å². The van der Waals surface area contributed by atoms with Gasteiger partial charge in [-0.25, -0.2) is 0 Å². The molecule has 6 nitrogen and oxygen atoms in total. The maximum Gasteiger partial charge on any atom is 0.261 e. The van der Waals surface area contributed by atoms with Crippen molar-refractivity contribution in [1.29, 1.82) is 0 Å². The molecule has 1 fully saturated rings. The van der Waals surface area contributed by atoms with E-state index in [-0.39, 0.29) is 30.7 Å². The van der Waals surface area contributed by atoms with Crippen molar-refractivity contribution in [2.45, 2.75) is 52.0 Å². The molecule has 0 aromatic heterocycles. The summed E-state index contributed by atoms with van der Waals surface area (Å²) in [5, 5.41) is 2.91. The number of amides is 3. The van der Waals surface area contributed by atoms with Gasteiger partial charge < -0.3 is 10.2 Å². The van der Waals surface area contributed by atoms with E-state index in [1.54, 1.807) is 12.1 Å². The fourth-order valence-electron chi connectivity index (χ4n) is 3.91. The van der Waals surface area contributed by atoms with Crippen LogP contribution in [0.3, 0.4) is 0 Å². The molecule has 1 aromatic rings. The molecule has 1 atom stereocenters. The summed E-state index contributed by atoms with van der Waals surface area (Å²) in [6.45, 7) is 7.05. The van der Waals surface area contributed by atoms with E-state index in [0.29, 0.717) is 23.7 Å². The Labute approximate surface area is 160 Å². The van der Waals surface area contributed by atoms with Crippen LogP contribution in [0.1, 0.15) is 65.3 Å². The molecule has 0 aliphatic carbocycles. The molecule has 0 bridgehead atoms. The van der Waals surface area contributed by atoms with Crippen molar-refractivity contribution in [2.75, 3.05) is 26.2 Å². The van der Waals surface area contributed by atoms with Gasteiger partial charge in [-0.2, -0.15) is 0 Å². The predicted octanol–water partition coefficient (Wildman–Crippen LogP) is 2.36. The van der Waals surface area contributed by atoms with Gasteiger partial charge in [0.15, 0.2) is 0 Å². The second-order valence-electron chi connectivity index (χ2n) is 7.65. The summed E-state index contributed by atoms with van der Waals surface area (Å²) in [4.78, 5) is 40.5. The lowest BCUT2D eigenvalue weighted by Gasteiger charge is -2.33. The van der Waals surface area contributed by atoms with Crippen LogP contribution < -0.4 is 5.32 Å². The van der Waals surface area contributed by atoms with Gasteiger partial charge >= 0.3 is 0 Å². The molecule has 2 aliphatic heterocycles. The van der Waals surface area contributed by atoms with Crippen LogP contribution in [0.4, 0.5) is 0 Å². The summed E-state index contributed by atoms with van der Waals surface area (Å²) >= 11 is 0. The number of imide groups is 1. The topological polar surface area (TPSA) is 69.7 Å². The molecule has 2 aliphatic rings. The summed E-state index contributed by atoms with van der Waals surface area (Å²) in [7, 11) is 0. The molecule has 146 valence electrons. The average Bonchev–Trinajstić information content (AvgIpc) is 2.88. The van der Waals surface area contributed by atoms with Gasteiger partial charge in [0.2, 0.25) is 5.91 Å². The van der Waals surface area contributed by atoms with Gasteiger partial charge in [-0.3, -0.25) is 19.3 Å². The molecule has 2 heterocycles. The number of nitrogens with one attached hydrogen (secondary N) is 1. The fourth-order valence-corrected chi connectivity index (χ4v) is 3.91. The lowest BCUT2D eigenvalue weighted by Crippen LogP contribution is -2.39. The highest BCUT2D eigenvalue weighted by molar-refractivity contribution is 6.21. The molecule has 0 saturated carbocycles. The Kier molecular flexibility index (Phi) is 6.26. The first kappa shape index (κ1) is 19.5. The van der Waals surface area contributed by atoms with Crippen LogP contribution in [0.25, 0.3) is 0 Å². The van der Waals surface area contributed by atoms with Crippen molar-refractivity contribution in [1.82, 2.24) is 15.1 Å². The Balaban J connectivity index is 1.39. The molecule has 1 N–H and O–H groups in total. The zero-order valence-corrected chi connectivity index (χ0v) is 16.3. The molecule has 1 unspecified atom stereocenters. The lowest BCUT2D eigenvalue weighted by atomic mass is 10.0. The molecule has 27 heavy (non-hydrogen) atoms. The van der Waals surface area contributed by atoms with E-state index in [9.17, 15) is 14.4 Å². The molecule has 0 radical (unpaired) electrons. The van der Waals surface area contributed by atoms with Crippen molar-refractivity contribution in [3.8, 4) is 0 Å². The number of carbonyl (C=O) groups excluding carboxylic acids is 3. The van der Waals surface area contributed by atoms with Gasteiger partial charge in [-0.1, -0.05) is 18.1 Å². The van der Waals surface area contributed by atoms with E-state index in [4.69, 9.17) is 0 Å². The van der Waals surface area contributed by atoms with Crippen LogP contribution in [0, 0.1) is 6.92 Å². The zero-order chi connectivity index (χ0) is 19.4. The maximum absolute atomic E-state index is 12.4. The number of likely N-dealkylation sites (tertiary alicyclic amines) is 1. The lowest BCUT2D eigenvalue weighted by molar-refractivity contribution is -0.121. The van der Waals surface area contributed by atoms with Crippen LogP contribution in [0.2, 0.25) is 0 Å². The van der Waals surface area contributed by atoms with Gasteiger partial charge in [-0.05, 0) is 51.8 Å². The molecule has 1 saturated heterocycles. The van der Waals surface area contributed by atoms with Crippen molar-refractivity contribution in [2.24, 2.45) is 0 Å². The number of nitrogens with zero attached hydrogens (tertiary/aromatic N) is 2. The summed E-state index contributed by atoms with van der Waals surface area (Å²) < 4.78 is 0. The molecule has 1 aromatic carbocycles. The zero-order valence-electron chi connectivity index (χ0n) is 16.3. The number of rotatable bonds is 7. The maximum atomic E-state index is 12.4. The highest BCUT2D eigenvalue weighted by Gasteiger charge is 2.35. The minimum atomic E-state index is -0.304. The SMILES string of the molecule is Cc1ccc2c(c1)C(=O)N(CCC(=O)NCCCN1CCCCC1C)C2=O. The first-order chi connectivity index (χ1) is 13.0. The second kappa shape index (κ2) is 8.65. The third-order valence-electron chi connectivity index (χ3n) is 5.57. The van der Waals surface area contributed by atoms with E-state index in [1.807, 2.05) is 13.0 Å². The van der Waals surface area contributed by atoms with Crippen LogP contribution >= 0.6 is 0 Å². The van der Waals surface area contributed by atoms with Gasteiger partial charge in [0, 0.05) is 32.1 Å². The quantitative estimate of drug-likeness (QED) is 0.590. The highest BCUT2D eigenvalue weighted by Crippen LogP contribution is 2.24. The summed E-state index contributed by atoms with van der Waals surface area (Å²) in [6, 6.07) is 5.87. The molecular weight excluding hydrogens is 342 g/mol. The monoisotopic (exact) mass is 371 g/mol. The minimum Gasteiger partial charge on any atom is -0.356 e. The van der Waals surface area contributed by atoms with Crippen molar-refractivity contribution >= 4 is 17.7 Å². The Morgan fingerprint density at radius 2 is 1.93 bits per heavy atom. The van der Waals surface area contributed by atoms with E-state index < -0.39 is 0 Å². The number of carbonyl (C=O) groups is 3.